The van der Waals surface area contributed by atoms with Gasteiger partial charge in [0.25, 0.3) is 0 Å². The minimum absolute atomic E-state index is 0.243. The van der Waals surface area contributed by atoms with E-state index in [0.29, 0.717) is 0 Å². The van der Waals surface area contributed by atoms with Crippen LogP contribution in [0.1, 0.15) is 23.5 Å². The summed E-state index contributed by atoms with van der Waals surface area (Å²) in [6.45, 7) is 3.05. The zero-order valence-electron chi connectivity index (χ0n) is 9.56. The van der Waals surface area contributed by atoms with Crippen molar-refractivity contribution in [2.45, 2.75) is 19.4 Å². The molecule has 0 fully saturated rings. The van der Waals surface area contributed by atoms with Crippen molar-refractivity contribution < 1.29 is 0 Å². The standard InChI is InChI=1S/C12H14BrN3S/c1-9(11-8-14-6-7-16-11)15-5-4-10-2-3-12(13)17-10/h2-3,6-9,15H,4-5H2,1H3. The van der Waals surface area contributed by atoms with Crippen LogP contribution in [0.15, 0.2) is 34.5 Å². The molecule has 5 heteroatoms. The molecule has 0 amide bonds. The zero-order valence-corrected chi connectivity index (χ0v) is 12.0. The maximum atomic E-state index is 4.28. The predicted octanol–water partition coefficient (Wildman–Crippen LogP) is 3.19. The van der Waals surface area contributed by atoms with Gasteiger partial charge >= 0.3 is 0 Å². The predicted molar refractivity (Wildman–Crippen MR) is 74.2 cm³/mol. The highest BCUT2D eigenvalue weighted by Gasteiger charge is 2.05. The summed E-state index contributed by atoms with van der Waals surface area (Å²) >= 11 is 5.25. The first-order valence-corrected chi connectivity index (χ1v) is 7.10. The van der Waals surface area contributed by atoms with Crippen molar-refractivity contribution in [3.63, 3.8) is 0 Å². The van der Waals surface area contributed by atoms with E-state index in [0.717, 1.165) is 18.7 Å². The molecule has 1 unspecified atom stereocenters. The third kappa shape index (κ3) is 3.87. The molecule has 0 radical (unpaired) electrons. The van der Waals surface area contributed by atoms with Crippen LogP contribution in [0.2, 0.25) is 0 Å². The number of hydrogen-bond acceptors (Lipinski definition) is 4. The zero-order chi connectivity index (χ0) is 12.1. The highest BCUT2D eigenvalue weighted by molar-refractivity contribution is 9.11. The summed E-state index contributed by atoms with van der Waals surface area (Å²) in [5.41, 5.74) is 0.986. The number of hydrogen-bond donors (Lipinski definition) is 1. The second kappa shape index (κ2) is 6.23. The van der Waals surface area contributed by atoms with Crippen molar-refractivity contribution in [2.75, 3.05) is 6.54 Å². The van der Waals surface area contributed by atoms with E-state index in [9.17, 15) is 0 Å². The van der Waals surface area contributed by atoms with Crippen molar-refractivity contribution >= 4 is 27.3 Å². The molecular weight excluding hydrogens is 298 g/mol. The molecule has 0 aliphatic carbocycles. The summed E-state index contributed by atoms with van der Waals surface area (Å²) in [5.74, 6) is 0. The van der Waals surface area contributed by atoms with E-state index in [1.807, 2.05) is 0 Å². The van der Waals surface area contributed by atoms with E-state index in [1.54, 1.807) is 29.9 Å². The van der Waals surface area contributed by atoms with Crippen molar-refractivity contribution in [3.8, 4) is 0 Å². The molecule has 1 atom stereocenters. The van der Waals surface area contributed by atoms with Crippen molar-refractivity contribution in [2.24, 2.45) is 0 Å². The fourth-order valence-electron chi connectivity index (χ4n) is 1.54. The summed E-state index contributed by atoms with van der Waals surface area (Å²) in [6.07, 6.45) is 6.27. The summed E-state index contributed by atoms with van der Waals surface area (Å²) in [5, 5.41) is 3.45. The number of rotatable bonds is 5. The SMILES string of the molecule is CC(NCCc1ccc(Br)s1)c1cnccn1. The summed E-state index contributed by atoms with van der Waals surface area (Å²) < 4.78 is 1.19. The van der Waals surface area contributed by atoms with Crippen molar-refractivity contribution in [1.82, 2.24) is 15.3 Å². The van der Waals surface area contributed by atoms with Crippen LogP contribution in [0.25, 0.3) is 0 Å². The second-order valence-electron chi connectivity index (χ2n) is 3.76. The molecule has 3 nitrogen and oxygen atoms in total. The molecule has 2 aromatic rings. The Morgan fingerprint density at radius 2 is 2.29 bits per heavy atom. The quantitative estimate of drug-likeness (QED) is 0.921. The number of thiophene rings is 1. The normalized spacial score (nSPS) is 12.6. The third-order valence-corrected chi connectivity index (χ3v) is 4.16. The molecule has 0 spiro atoms. The van der Waals surface area contributed by atoms with E-state index in [2.05, 4.69) is 50.3 Å². The first kappa shape index (κ1) is 12.7. The van der Waals surface area contributed by atoms with Crippen LogP contribution in [0.5, 0.6) is 0 Å². The Bertz CT molecular complexity index is 458. The first-order valence-electron chi connectivity index (χ1n) is 5.49. The lowest BCUT2D eigenvalue weighted by molar-refractivity contribution is 0.563. The minimum Gasteiger partial charge on any atom is -0.308 e. The average Bonchev–Trinajstić information content (AvgIpc) is 2.76. The molecule has 90 valence electrons. The molecule has 0 saturated heterocycles. The Morgan fingerprint density at radius 3 is 2.94 bits per heavy atom. The van der Waals surface area contributed by atoms with E-state index in [1.165, 1.54) is 8.66 Å². The molecule has 0 aliphatic rings. The minimum atomic E-state index is 0.243. The van der Waals surface area contributed by atoms with Gasteiger partial charge < -0.3 is 5.32 Å². The van der Waals surface area contributed by atoms with E-state index in [4.69, 9.17) is 0 Å². The summed E-state index contributed by atoms with van der Waals surface area (Å²) in [4.78, 5) is 9.73. The fourth-order valence-corrected chi connectivity index (χ4v) is 3.02. The van der Waals surface area contributed by atoms with Crippen LogP contribution in [-0.2, 0) is 6.42 Å². The maximum absolute atomic E-state index is 4.28. The molecule has 2 rings (SSSR count). The van der Waals surface area contributed by atoms with Gasteiger partial charge in [-0.3, -0.25) is 9.97 Å². The van der Waals surface area contributed by atoms with Gasteiger partial charge in [0.15, 0.2) is 0 Å². The molecule has 2 heterocycles. The molecule has 17 heavy (non-hydrogen) atoms. The maximum Gasteiger partial charge on any atom is 0.0753 e. The number of aromatic nitrogens is 2. The van der Waals surface area contributed by atoms with Gasteiger partial charge in [-0.25, -0.2) is 0 Å². The highest BCUT2D eigenvalue weighted by Crippen LogP contribution is 2.22. The lowest BCUT2D eigenvalue weighted by Gasteiger charge is -2.11. The van der Waals surface area contributed by atoms with Gasteiger partial charge in [-0.05, 0) is 41.4 Å². The van der Waals surface area contributed by atoms with Crippen LogP contribution in [-0.4, -0.2) is 16.5 Å². The summed E-state index contributed by atoms with van der Waals surface area (Å²) in [7, 11) is 0. The van der Waals surface area contributed by atoms with Crippen LogP contribution in [0.4, 0.5) is 0 Å². The highest BCUT2D eigenvalue weighted by atomic mass is 79.9. The summed E-state index contributed by atoms with van der Waals surface area (Å²) in [6, 6.07) is 4.49. The van der Waals surface area contributed by atoms with E-state index in [-0.39, 0.29) is 6.04 Å². The number of halogens is 1. The third-order valence-electron chi connectivity index (χ3n) is 2.48. The Morgan fingerprint density at radius 1 is 1.41 bits per heavy atom. The molecule has 0 saturated carbocycles. The fraction of sp³-hybridized carbons (Fsp3) is 0.333. The molecule has 0 aromatic carbocycles. The van der Waals surface area contributed by atoms with Crippen LogP contribution in [0.3, 0.4) is 0 Å². The van der Waals surface area contributed by atoms with Crippen molar-refractivity contribution in [1.29, 1.82) is 0 Å². The van der Waals surface area contributed by atoms with Crippen LogP contribution >= 0.6 is 27.3 Å². The lowest BCUT2D eigenvalue weighted by atomic mass is 10.2. The van der Waals surface area contributed by atoms with Gasteiger partial charge in [0, 0.05) is 36.1 Å². The van der Waals surface area contributed by atoms with Gasteiger partial charge in [-0.15, -0.1) is 11.3 Å². The number of nitrogens with zero attached hydrogens (tertiary/aromatic N) is 2. The number of nitrogens with one attached hydrogen (secondary N) is 1. The molecule has 2 aromatic heterocycles. The largest absolute Gasteiger partial charge is 0.308 e. The van der Waals surface area contributed by atoms with Crippen molar-refractivity contribution in [3.05, 3.63) is 45.1 Å². The Kier molecular flexibility index (Phi) is 4.65. The van der Waals surface area contributed by atoms with E-state index >= 15 is 0 Å². The van der Waals surface area contributed by atoms with Crippen LogP contribution < -0.4 is 5.32 Å². The van der Waals surface area contributed by atoms with Gasteiger partial charge in [-0.1, -0.05) is 0 Å². The average molecular weight is 312 g/mol. The van der Waals surface area contributed by atoms with Crippen LogP contribution in [0, 0.1) is 0 Å². The molecule has 1 N–H and O–H groups in total. The monoisotopic (exact) mass is 311 g/mol. The first-order chi connectivity index (χ1) is 8.25. The van der Waals surface area contributed by atoms with Gasteiger partial charge in [0.2, 0.25) is 0 Å². The van der Waals surface area contributed by atoms with Gasteiger partial charge in [0.1, 0.15) is 0 Å². The molecule has 0 aliphatic heterocycles. The smallest absolute Gasteiger partial charge is 0.0753 e. The lowest BCUT2D eigenvalue weighted by Crippen LogP contribution is -2.22. The van der Waals surface area contributed by atoms with E-state index < -0.39 is 0 Å². The van der Waals surface area contributed by atoms with Gasteiger partial charge in [-0.2, -0.15) is 0 Å². The topological polar surface area (TPSA) is 37.8 Å². The molecular formula is C12H14BrN3S. The van der Waals surface area contributed by atoms with Gasteiger partial charge in [0.05, 0.1) is 9.48 Å². The Hall–Kier alpha value is -0.780. The molecule has 0 bridgehead atoms. The Balaban J connectivity index is 1.79. The second-order valence-corrected chi connectivity index (χ2v) is 6.31. The Labute approximate surface area is 113 Å².